The Morgan fingerprint density at radius 1 is 1.07 bits per heavy atom. The van der Waals surface area contributed by atoms with Gasteiger partial charge in [0.25, 0.3) is 5.56 Å². The maximum atomic E-state index is 12.9. The second kappa shape index (κ2) is 7.29. The number of H-pyrrole nitrogens is 1. The molecular formula is C15H10F6N2O4. The van der Waals surface area contributed by atoms with E-state index in [-0.39, 0.29) is 12.7 Å². The van der Waals surface area contributed by atoms with Crippen LogP contribution in [0.25, 0.3) is 11.4 Å². The lowest BCUT2D eigenvalue weighted by Crippen LogP contribution is -2.18. The number of rotatable bonds is 3. The van der Waals surface area contributed by atoms with Gasteiger partial charge in [-0.05, 0) is 25.1 Å². The Bertz CT molecular complexity index is 872. The fraction of sp³-hybridized carbons (Fsp3) is 0.267. The largest absolute Gasteiger partial charge is 0.514 e. The fourth-order valence-corrected chi connectivity index (χ4v) is 1.93. The van der Waals surface area contributed by atoms with Crippen molar-refractivity contribution >= 4 is 6.16 Å². The van der Waals surface area contributed by atoms with E-state index in [2.05, 4.69) is 14.5 Å². The van der Waals surface area contributed by atoms with Gasteiger partial charge >= 0.3 is 18.5 Å². The van der Waals surface area contributed by atoms with Crippen molar-refractivity contribution in [3.8, 4) is 17.1 Å². The van der Waals surface area contributed by atoms with Crippen molar-refractivity contribution in [3.63, 3.8) is 0 Å². The van der Waals surface area contributed by atoms with Crippen LogP contribution in [0.1, 0.15) is 18.1 Å². The summed E-state index contributed by atoms with van der Waals surface area (Å²) in [6.45, 7) is 1.42. The van der Waals surface area contributed by atoms with Gasteiger partial charge in [0.2, 0.25) is 5.75 Å². The van der Waals surface area contributed by atoms with E-state index in [1.807, 2.05) is 4.98 Å². The number of ether oxygens (including phenoxy) is 2. The number of benzene rings is 1. The smallest absolute Gasteiger partial charge is 0.434 e. The number of nitrogens with zero attached hydrogens (tertiary/aromatic N) is 1. The molecule has 6 nitrogen and oxygen atoms in total. The minimum Gasteiger partial charge on any atom is -0.434 e. The summed E-state index contributed by atoms with van der Waals surface area (Å²) < 4.78 is 86.2. The van der Waals surface area contributed by atoms with E-state index in [0.717, 1.165) is 0 Å². The van der Waals surface area contributed by atoms with E-state index in [9.17, 15) is 35.9 Å². The van der Waals surface area contributed by atoms with Gasteiger partial charge in [0.05, 0.1) is 23.9 Å². The van der Waals surface area contributed by atoms with Crippen LogP contribution in [0.15, 0.2) is 29.2 Å². The molecule has 0 saturated heterocycles. The third kappa shape index (κ3) is 4.99. The zero-order chi connectivity index (χ0) is 20.4. The summed E-state index contributed by atoms with van der Waals surface area (Å²) in [5.41, 5.74) is -4.86. The molecule has 1 heterocycles. The summed E-state index contributed by atoms with van der Waals surface area (Å²) in [5, 5.41) is 0. The van der Waals surface area contributed by atoms with Crippen LogP contribution in [-0.4, -0.2) is 22.7 Å². The van der Waals surface area contributed by atoms with Crippen molar-refractivity contribution in [1.29, 1.82) is 0 Å². The van der Waals surface area contributed by atoms with Gasteiger partial charge in [-0.25, -0.2) is 9.78 Å². The maximum Gasteiger partial charge on any atom is 0.514 e. The zero-order valence-corrected chi connectivity index (χ0v) is 13.4. The lowest BCUT2D eigenvalue weighted by Gasteiger charge is -2.14. The number of alkyl halides is 6. The molecule has 0 amide bonds. The minimum absolute atomic E-state index is 0.0489. The van der Waals surface area contributed by atoms with Gasteiger partial charge in [-0.2, -0.15) is 26.3 Å². The van der Waals surface area contributed by atoms with Gasteiger partial charge in [0.15, 0.2) is 0 Å². The summed E-state index contributed by atoms with van der Waals surface area (Å²) in [6.07, 6.45) is -10.7. The highest BCUT2D eigenvalue weighted by atomic mass is 19.4. The van der Waals surface area contributed by atoms with Gasteiger partial charge in [0, 0.05) is 5.56 Å². The Labute approximate surface area is 146 Å². The van der Waals surface area contributed by atoms with Crippen molar-refractivity contribution in [2.24, 2.45) is 0 Å². The van der Waals surface area contributed by atoms with E-state index in [1.54, 1.807) is 0 Å². The van der Waals surface area contributed by atoms with Gasteiger partial charge < -0.3 is 14.5 Å². The first-order chi connectivity index (χ1) is 12.4. The van der Waals surface area contributed by atoms with E-state index in [4.69, 9.17) is 0 Å². The van der Waals surface area contributed by atoms with Crippen molar-refractivity contribution < 1.29 is 40.6 Å². The minimum atomic E-state index is -5.05. The van der Waals surface area contributed by atoms with Crippen molar-refractivity contribution in [3.05, 3.63) is 45.9 Å². The lowest BCUT2D eigenvalue weighted by atomic mass is 10.0. The van der Waals surface area contributed by atoms with Crippen LogP contribution < -0.4 is 10.3 Å². The zero-order valence-electron chi connectivity index (χ0n) is 13.4. The average Bonchev–Trinajstić information content (AvgIpc) is 2.55. The highest BCUT2D eigenvalue weighted by molar-refractivity contribution is 5.64. The third-order valence-electron chi connectivity index (χ3n) is 3.08. The summed E-state index contributed by atoms with van der Waals surface area (Å²) >= 11 is 0. The van der Waals surface area contributed by atoms with Crippen LogP contribution in [0.4, 0.5) is 31.1 Å². The topological polar surface area (TPSA) is 81.3 Å². The predicted molar refractivity (Wildman–Crippen MR) is 77.9 cm³/mol. The molecule has 0 spiro atoms. The summed E-state index contributed by atoms with van der Waals surface area (Å²) in [5.74, 6) is -1.21. The standard InChI is InChI=1S/C15H10F6N2O4/c1-2-26-13(25)27-10-6-22-11(23-12(10)24)7-3-8(14(16,17)18)5-9(4-7)15(19,20)21/h3-6H,2H2,1H3,(H,22,23,24). The molecule has 2 rings (SSSR count). The van der Waals surface area contributed by atoms with Crippen LogP contribution in [0.3, 0.4) is 0 Å². The number of hydrogen-bond acceptors (Lipinski definition) is 5. The molecule has 1 N–H and O–H groups in total. The first-order valence-electron chi connectivity index (χ1n) is 7.15. The molecule has 0 atom stereocenters. The summed E-state index contributed by atoms with van der Waals surface area (Å²) in [6, 6.07) is 0.749. The molecule has 27 heavy (non-hydrogen) atoms. The number of aromatic amines is 1. The Hall–Kier alpha value is -3.05. The highest BCUT2D eigenvalue weighted by Crippen LogP contribution is 2.37. The van der Waals surface area contributed by atoms with Crippen LogP contribution in [-0.2, 0) is 17.1 Å². The molecule has 0 aliphatic heterocycles. The molecule has 0 radical (unpaired) electrons. The number of carbonyl (C=O) groups is 1. The quantitative estimate of drug-likeness (QED) is 0.626. The number of carbonyl (C=O) groups excluding carboxylic acids is 1. The molecule has 1 aromatic carbocycles. The molecule has 1 aromatic heterocycles. The van der Waals surface area contributed by atoms with E-state index >= 15 is 0 Å². The van der Waals surface area contributed by atoms with E-state index in [0.29, 0.717) is 18.3 Å². The van der Waals surface area contributed by atoms with Gasteiger partial charge in [-0.1, -0.05) is 0 Å². The number of hydrogen-bond donors (Lipinski definition) is 1. The Morgan fingerprint density at radius 3 is 2.07 bits per heavy atom. The molecular weight excluding hydrogens is 386 g/mol. The van der Waals surface area contributed by atoms with Gasteiger partial charge in [0.1, 0.15) is 5.82 Å². The van der Waals surface area contributed by atoms with E-state index < -0.39 is 52.3 Å². The Kier molecular flexibility index (Phi) is 5.47. The van der Waals surface area contributed by atoms with Crippen LogP contribution in [0.5, 0.6) is 5.75 Å². The molecule has 0 fully saturated rings. The fourth-order valence-electron chi connectivity index (χ4n) is 1.93. The van der Waals surface area contributed by atoms with E-state index in [1.165, 1.54) is 6.92 Å². The summed E-state index contributed by atoms with van der Waals surface area (Å²) in [7, 11) is 0. The number of nitrogens with one attached hydrogen (secondary N) is 1. The first kappa shape index (κ1) is 20.3. The molecule has 146 valence electrons. The van der Waals surface area contributed by atoms with Crippen molar-refractivity contribution in [1.82, 2.24) is 9.97 Å². The maximum absolute atomic E-state index is 12.9. The number of halogens is 6. The molecule has 2 aromatic rings. The van der Waals surface area contributed by atoms with Gasteiger partial charge in [-0.15, -0.1) is 0 Å². The third-order valence-corrected chi connectivity index (χ3v) is 3.08. The van der Waals surface area contributed by atoms with Crippen LogP contribution >= 0.6 is 0 Å². The second-order valence-corrected chi connectivity index (χ2v) is 5.00. The highest BCUT2D eigenvalue weighted by Gasteiger charge is 2.37. The molecule has 0 aliphatic carbocycles. The summed E-state index contributed by atoms with van der Waals surface area (Å²) in [4.78, 5) is 28.5. The first-order valence-corrected chi connectivity index (χ1v) is 7.15. The Balaban J connectivity index is 2.50. The van der Waals surface area contributed by atoms with Crippen molar-refractivity contribution in [2.75, 3.05) is 6.61 Å². The monoisotopic (exact) mass is 396 g/mol. The molecule has 0 bridgehead atoms. The Morgan fingerprint density at radius 2 is 1.63 bits per heavy atom. The number of aromatic nitrogens is 2. The molecule has 12 heteroatoms. The van der Waals surface area contributed by atoms with Crippen LogP contribution in [0, 0.1) is 0 Å². The van der Waals surface area contributed by atoms with Gasteiger partial charge in [-0.3, -0.25) is 4.79 Å². The van der Waals surface area contributed by atoms with Crippen molar-refractivity contribution in [2.45, 2.75) is 19.3 Å². The lowest BCUT2D eigenvalue weighted by molar-refractivity contribution is -0.143. The average molecular weight is 396 g/mol. The molecule has 0 unspecified atom stereocenters. The van der Waals surface area contributed by atoms with Crippen LogP contribution in [0.2, 0.25) is 0 Å². The normalized spacial score (nSPS) is 12.0. The predicted octanol–water partition coefficient (Wildman–Crippen LogP) is 4.01. The SMILES string of the molecule is CCOC(=O)Oc1cnc(-c2cc(C(F)(F)F)cc(C(F)(F)F)c2)[nH]c1=O. The molecule has 0 aliphatic rings. The second-order valence-electron chi connectivity index (χ2n) is 5.00. The molecule has 0 saturated carbocycles.